The van der Waals surface area contributed by atoms with Gasteiger partial charge in [0.25, 0.3) is 0 Å². The minimum atomic E-state index is 0.284. The lowest BCUT2D eigenvalue weighted by Crippen LogP contribution is -2.48. The number of nitrogens with zero attached hydrogens (tertiary/aromatic N) is 3. The predicted molar refractivity (Wildman–Crippen MR) is 112 cm³/mol. The molecule has 27 heavy (non-hydrogen) atoms. The number of guanidine groups is 1. The van der Waals surface area contributed by atoms with E-state index in [-0.39, 0.29) is 6.10 Å². The molecule has 0 amide bonds. The molecular weight excluding hydrogens is 360 g/mol. The molecule has 0 aromatic carbocycles. The molecule has 0 radical (unpaired) electrons. The van der Waals surface area contributed by atoms with Crippen LogP contribution in [-0.4, -0.2) is 82.0 Å². The molecule has 152 valence electrons. The van der Waals surface area contributed by atoms with Crippen molar-refractivity contribution in [2.24, 2.45) is 10.9 Å². The van der Waals surface area contributed by atoms with Gasteiger partial charge in [-0.15, -0.1) is 11.3 Å². The Labute approximate surface area is 167 Å². The Kier molecular flexibility index (Phi) is 7.93. The number of morpholine rings is 1. The first-order chi connectivity index (χ1) is 13.2. The van der Waals surface area contributed by atoms with Crippen LogP contribution in [-0.2, 0) is 9.47 Å². The standard InChI is InChI=1S/C20H34N4O2S/c1-16-14-24(9-11-26-16)18(19-5-4-12-27-19)13-22-20(21-2)23(3)8-10-25-15-17-6-7-17/h4-5,12,16-18H,6-11,13-15H2,1-3H3,(H,21,22). The number of rotatable bonds is 9. The maximum absolute atomic E-state index is 5.77. The number of thiophene rings is 1. The molecule has 1 aromatic heterocycles. The van der Waals surface area contributed by atoms with Crippen LogP contribution in [0.3, 0.4) is 0 Å². The van der Waals surface area contributed by atoms with Gasteiger partial charge in [-0.05, 0) is 37.1 Å². The average Bonchev–Trinajstić information content (AvgIpc) is 3.34. The topological polar surface area (TPSA) is 49.3 Å². The second kappa shape index (κ2) is 10.4. The molecule has 1 aliphatic heterocycles. The summed E-state index contributed by atoms with van der Waals surface area (Å²) in [5.41, 5.74) is 0. The summed E-state index contributed by atoms with van der Waals surface area (Å²) in [5.74, 6) is 1.74. The van der Waals surface area contributed by atoms with Gasteiger partial charge < -0.3 is 19.7 Å². The van der Waals surface area contributed by atoms with Crippen LogP contribution in [0.2, 0.25) is 0 Å². The van der Waals surface area contributed by atoms with Gasteiger partial charge in [-0.1, -0.05) is 6.07 Å². The SMILES string of the molecule is CN=C(NCC(c1cccs1)N1CCOC(C)C1)N(C)CCOCC1CC1. The van der Waals surface area contributed by atoms with E-state index in [1.54, 1.807) is 0 Å². The minimum Gasteiger partial charge on any atom is -0.379 e. The van der Waals surface area contributed by atoms with Gasteiger partial charge in [-0.25, -0.2) is 0 Å². The molecule has 2 fully saturated rings. The monoisotopic (exact) mass is 394 g/mol. The highest BCUT2D eigenvalue weighted by molar-refractivity contribution is 7.10. The fourth-order valence-corrected chi connectivity index (χ4v) is 4.29. The zero-order chi connectivity index (χ0) is 19.1. The first-order valence-electron chi connectivity index (χ1n) is 10.1. The van der Waals surface area contributed by atoms with E-state index >= 15 is 0 Å². The van der Waals surface area contributed by atoms with Crippen molar-refractivity contribution in [3.63, 3.8) is 0 Å². The lowest BCUT2D eigenvalue weighted by Gasteiger charge is -2.37. The summed E-state index contributed by atoms with van der Waals surface area (Å²) < 4.78 is 11.5. The number of hydrogen-bond acceptors (Lipinski definition) is 5. The third kappa shape index (κ3) is 6.45. The lowest BCUT2D eigenvalue weighted by atomic mass is 10.1. The number of hydrogen-bond donors (Lipinski definition) is 1. The molecule has 2 unspecified atom stereocenters. The normalized spacial score (nSPS) is 22.6. The van der Waals surface area contributed by atoms with Gasteiger partial charge in [0.1, 0.15) is 0 Å². The molecule has 3 rings (SSSR count). The van der Waals surface area contributed by atoms with Crippen LogP contribution in [0.25, 0.3) is 0 Å². The van der Waals surface area contributed by atoms with Crippen molar-refractivity contribution in [3.8, 4) is 0 Å². The van der Waals surface area contributed by atoms with Crippen LogP contribution in [0.5, 0.6) is 0 Å². The van der Waals surface area contributed by atoms with Crippen molar-refractivity contribution in [2.45, 2.75) is 31.9 Å². The molecule has 2 heterocycles. The zero-order valence-electron chi connectivity index (χ0n) is 16.9. The fraction of sp³-hybridized carbons (Fsp3) is 0.750. The van der Waals surface area contributed by atoms with E-state index in [9.17, 15) is 0 Å². The largest absolute Gasteiger partial charge is 0.379 e. The van der Waals surface area contributed by atoms with Crippen LogP contribution >= 0.6 is 11.3 Å². The van der Waals surface area contributed by atoms with Crippen LogP contribution in [0.15, 0.2) is 22.5 Å². The van der Waals surface area contributed by atoms with E-state index in [2.05, 4.69) is 51.6 Å². The molecule has 6 nitrogen and oxygen atoms in total. The van der Waals surface area contributed by atoms with Crippen LogP contribution in [0.4, 0.5) is 0 Å². The summed E-state index contributed by atoms with van der Waals surface area (Å²) in [5, 5.41) is 5.73. The fourth-order valence-electron chi connectivity index (χ4n) is 3.43. The molecular formula is C20H34N4O2S. The summed E-state index contributed by atoms with van der Waals surface area (Å²) in [6.07, 6.45) is 2.96. The first kappa shape index (κ1) is 20.6. The summed E-state index contributed by atoms with van der Waals surface area (Å²) in [4.78, 5) is 10.5. The van der Waals surface area contributed by atoms with E-state index in [4.69, 9.17) is 9.47 Å². The highest BCUT2D eigenvalue weighted by Crippen LogP contribution is 2.28. The first-order valence-corrected chi connectivity index (χ1v) is 10.9. The van der Waals surface area contributed by atoms with Gasteiger partial charge in [0, 0.05) is 51.8 Å². The second-order valence-electron chi connectivity index (χ2n) is 7.58. The summed E-state index contributed by atoms with van der Waals surface area (Å²) >= 11 is 1.82. The number of aliphatic imine (C=N–C) groups is 1. The van der Waals surface area contributed by atoms with Crippen molar-refractivity contribution in [3.05, 3.63) is 22.4 Å². The van der Waals surface area contributed by atoms with Gasteiger partial charge in [-0.3, -0.25) is 9.89 Å². The summed E-state index contributed by atoms with van der Waals surface area (Å²) in [7, 11) is 3.92. The number of likely N-dealkylation sites (N-methyl/N-ethyl adjacent to an activating group) is 1. The maximum Gasteiger partial charge on any atom is 0.193 e. The molecule has 0 bridgehead atoms. The van der Waals surface area contributed by atoms with E-state index < -0.39 is 0 Å². The highest BCUT2D eigenvalue weighted by atomic mass is 32.1. The quantitative estimate of drug-likeness (QED) is 0.396. The molecule has 1 N–H and O–H groups in total. The highest BCUT2D eigenvalue weighted by Gasteiger charge is 2.26. The Morgan fingerprint density at radius 1 is 1.52 bits per heavy atom. The Hall–Kier alpha value is -1.15. The zero-order valence-corrected chi connectivity index (χ0v) is 17.7. The molecule has 1 aliphatic carbocycles. The summed E-state index contributed by atoms with van der Waals surface area (Å²) in [6.45, 7) is 8.25. The van der Waals surface area contributed by atoms with E-state index in [0.717, 1.165) is 57.9 Å². The van der Waals surface area contributed by atoms with E-state index in [0.29, 0.717) is 6.04 Å². The predicted octanol–water partition coefficient (Wildman–Crippen LogP) is 2.44. The van der Waals surface area contributed by atoms with Gasteiger partial charge in [0.2, 0.25) is 0 Å². The smallest absolute Gasteiger partial charge is 0.193 e. The van der Waals surface area contributed by atoms with Crippen LogP contribution < -0.4 is 5.32 Å². The second-order valence-corrected chi connectivity index (χ2v) is 8.55. The lowest BCUT2D eigenvalue weighted by molar-refractivity contribution is -0.0334. The van der Waals surface area contributed by atoms with Crippen LogP contribution in [0, 0.1) is 5.92 Å². The van der Waals surface area contributed by atoms with Crippen molar-refractivity contribution in [1.29, 1.82) is 0 Å². The van der Waals surface area contributed by atoms with Gasteiger partial charge in [-0.2, -0.15) is 0 Å². The van der Waals surface area contributed by atoms with E-state index in [1.807, 2.05) is 18.4 Å². The summed E-state index contributed by atoms with van der Waals surface area (Å²) in [6, 6.07) is 4.71. The van der Waals surface area contributed by atoms with Crippen molar-refractivity contribution < 1.29 is 9.47 Å². The Bertz CT molecular complexity index is 577. The molecule has 0 spiro atoms. The van der Waals surface area contributed by atoms with Crippen molar-refractivity contribution in [1.82, 2.24) is 15.1 Å². The number of ether oxygens (including phenoxy) is 2. The average molecular weight is 395 g/mol. The molecule has 1 saturated carbocycles. The van der Waals surface area contributed by atoms with Gasteiger partial charge in [0.15, 0.2) is 5.96 Å². The molecule has 7 heteroatoms. The van der Waals surface area contributed by atoms with Crippen molar-refractivity contribution >= 4 is 17.3 Å². The molecule has 1 saturated heterocycles. The maximum atomic E-state index is 5.77. The molecule has 2 atom stereocenters. The number of nitrogens with one attached hydrogen (secondary N) is 1. The minimum absolute atomic E-state index is 0.284. The van der Waals surface area contributed by atoms with Crippen molar-refractivity contribution in [2.75, 3.05) is 60.1 Å². The molecule has 1 aromatic rings. The third-order valence-electron chi connectivity index (χ3n) is 5.23. The van der Waals surface area contributed by atoms with E-state index in [1.165, 1.54) is 17.7 Å². The Morgan fingerprint density at radius 2 is 2.37 bits per heavy atom. The Morgan fingerprint density at radius 3 is 3.04 bits per heavy atom. The molecule has 2 aliphatic rings. The van der Waals surface area contributed by atoms with Gasteiger partial charge in [0.05, 0.1) is 25.4 Å². The van der Waals surface area contributed by atoms with Gasteiger partial charge >= 0.3 is 0 Å². The Balaban J connectivity index is 1.51. The van der Waals surface area contributed by atoms with Crippen LogP contribution in [0.1, 0.15) is 30.7 Å². The third-order valence-corrected chi connectivity index (χ3v) is 6.21.